The lowest BCUT2D eigenvalue weighted by atomic mass is 9.94. The average molecular weight is 423 g/mol. The number of ether oxygens (including phenoxy) is 1. The molecule has 2 aliphatic rings. The summed E-state index contributed by atoms with van der Waals surface area (Å²) in [6, 6.07) is 3.57. The van der Waals surface area contributed by atoms with Crippen molar-refractivity contribution in [3.8, 4) is 18.1 Å². The summed E-state index contributed by atoms with van der Waals surface area (Å²) in [5.41, 5.74) is 1.21. The second-order valence-electron chi connectivity index (χ2n) is 6.64. The van der Waals surface area contributed by atoms with Crippen molar-refractivity contribution in [2.75, 3.05) is 13.7 Å². The maximum atomic E-state index is 13.0. The van der Waals surface area contributed by atoms with E-state index in [9.17, 15) is 4.79 Å². The van der Waals surface area contributed by atoms with Gasteiger partial charge in [0.25, 0.3) is 5.91 Å². The zero-order valence-electron chi connectivity index (χ0n) is 15.0. The summed E-state index contributed by atoms with van der Waals surface area (Å²) in [6.07, 6.45) is 12.4. The van der Waals surface area contributed by atoms with Crippen LogP contribution in [0, 0.1) is 12.3 Å². The van der Waals surface area contributed by atoms with Crippen molar-refractivity contribution in [1.82, 2.24) is 9.80 Å². The van der Waals surface area contributed by atoms with Gasteiger partial charge < -0.3 is 9.64 Å². The summed E-state index contributed by atoms with van der Waals surface area (Å²) in [4.78, 5) is 16.5. The van der Waals surface area contributed by atoms with E-state index >= 15 is 0 Å². The molecule has 7 heteroatoms. The molecule has 0 aromatic heterocycles. The van der Waals surface area contributed by atoms with Gasteiger partial charge >= 0.3 is 0 Å². The topological polar surface area (TPSA) is 32.8 Å². The molecule has 3 rings (SSSR count). The molecule has 1 aliphatic carbocycles. The van der Waals surface area contributed by atoms with Crippen LogP contribution in [0.4, 0.5) is 0 Å². The molecule has 0 radical (unpaired) electrons. The van der Waals surface area contributed by atoms with Crippen molar-refractivity contribution in [3.63, 3.8) is 0 Å². The highest BCUT2D eigenvalue weighted by Gasteiger charge is 2.40. The van der Waals surface area contributed by atoms with Crippen LogP contribution in [0.2, 0.25) is 10.0 Å². The Morgan fingerprint density at radius 3 is 2.52 bits per heavy atom. The van der Waals surface area contributed by atoms with Crippen molar-refractivity contribution in [1.29, 1.82) is 0 Å². The van der Waals surface area contributed by atoms with Crippen molar-refractivity contribution < 1.29 is 9.53 Å². The maximum Gasteiger partial charge on any atom is 0.277 e. The molecule has 2 fully saturated rings. The van der Waals surface area contributed by atoms with Gasteiger partial charge in [-0.15, -0.1) is 6.42 Å². The van der Waals surface area contributed by atoms with Gasteiger partial charge in [0.2, 0.25) is 0 Å². The molecule has 0 atom stereocenters. The molecule has 0 bridgehead atoms. The number of carbonyl (C=O) groups is 1. The first kappa shape index (κ1) is 20.0. The Bertz CT molecular complexity index is 818. The molecule has 1 heterocycles. The summed E-state index contributed by atoms with van der Waals surface area (Å²) < 4.78 is 5.37. The molecule has 1 aliphatic heterocycles. The van der Waals surface area contributed by atoms with Crippen LogP contribution in [0.1, 0.15) is 37.7 Å². The van der Waals surface area contributed by atoms with Crippen molar-refractivity contribution in [2.45, 2.75) is 38.1 Å². The number of rotatable bonds is 4. The van der Waals surface area contributed by atoms with E-state index in [4.69, 9.17) is 46.6 Å². The third kappa shape index (κ3) is 4.08. The number of likely N-dealkylation sites (N-methyl/N-ethyl adjacent to an activating group) is 1. The van der Waals surface area contributed by atoms with E-state index in [2.05, 4.69) is 5.92 Å². The number of hydrogen-bond donors (Lipinski definition) is 0. The van der Waals surface area contributed by atoms with E-state index in [0.717, 1.165) is 25.7 Å². The number of carbonyl (C=O) groups excluding carboxylic acids is 1. The normalized spacial score (nSPS) is 19.7. The molecule has 1 amide bonds. The van der Waals surface area contributed by atoms with Crippen molar-refractivity contribution >= 4 is 52.5 Å². The van der Waals surface area contributed by atoms with Crippen LogP contribution in [-0.2, 0) is 4.79 Å². The Hall–Kier alpha value is -1.74. The standard InChI is InChI=1S/C20H20Cl2N2O2S/c1-3-9-26-18-15(21)10-13(11-16(18)22)12-17-19(25)24(20(27)23(17)2)14-7-5-4-6-8-14/h1,10-12,14H,4-9H2,2H3/b17-12-. The summed E-state index contributed by atoms with van der Waals surface area (Å²) in [7, 11) is 1.81. The van der Waals surface area contributed by atoms with Gasteiger partial charge in [-0.25, -0.2) is 0 Å². The molecule has 1 saturated carbocycles. The van der Waals surface area contributed by atoms with E-state index in [1.807, 2.05) is 7.05 Å². The quantitative estimate of drug-likeness (QED) is 0.398. The smallest absolute Gasteiger partial charge is 0.277 e. The number of benzene rings is 1. The van der Waals surface area contributed by atoms with E-state index in [-0.39, 0.29) is 18.6 Å². The summed E-state index contributed by atoms with van der Waals surface area (Å²) in [6.45, 7) is 0.0751. The number of hydrogen-bond acceptors (Lipinski definition) is 3. The van der Waals surface area contributed by atoms with Gasteiger partial charge in [-0.3, -0.25) is 9.69 Å². The third-order valence-electron chi connectivity index (χ3n) is 4.86. The van der Waals surface area contributed by atoms with Gasteiger partial charge in [-0.05, 0) is 48.8 Å². The first-order chi connectivity index (χ1) is 12.9. The molecule has 27 heavy (non-hydrogen) atoms. The van der Waals surface area contributed by atoms with Gasteiger partial charge in [0.15, 0.2) is 10.9 Å². The van der Waals surface area contributed by atoms with Crippen LogP contribution in [0.25, 0.3) is 6.08 Å². The van der Waals surface area contributed by atoms with Crippen LogP contribution in [0.3, 0.4) is 0 Å². The minimum absolute atomic E-state index is 0.0747. The fourth-order valence-electron chi connectivity index (χ4n) is 3.51. The zero-order valence-corrected chi connectivity index (χ0v) is 17.3. The lowest BCUT2D eigenvalue weighted by molar-refractivity contribution is -0.124. The SMILES string of the molecule is C#CCOc1c(Cl)cc(/C=C2/C(=O)N(C3CCCCC3)C(=S)N2C)cc1Cl. The molecule has 4 nitrogen and oxygen atoms in total. The molecule has 0 spiro atoms. The van der Waals surface area contributed by atoms with Gasteiger partial charge in [-0.1, -0.05) is 48.4 Å². The predicted octanol–water partition coefficient (Wildman–Crippen LogP) is 4.74. The lowest BCUT2D eigenvalue weighted by Crippen LogP contribution is -2.41. The van der Waals surface area contributed by atoms with Gasteiger partial charge in [-0.2, -0.15) is 0 Å². The van der Waals surface area contributed by atoms with E-state index in [1.54, 1.807) is 28.0 Å². The number of terminal acetylenes is 1. The Balaban J connectivity index is 1.89. The predicted molar refractivity (Wildman–Crippen MR) is 113 cm³/mol. The van der Waals surface area contributed by atoms with Crippen LogP contribution in [-0.4, -0.2) is 40.5 Å². The Morgan fingerprint density at radius 1 is 1.30 bits per heavy atom. The van der Waals surface area contributed by atoms with Crippen LogP contribution < -0.4 is 4.74 Å². The average Bonchev–Trinajstić information content (AvgIpc) is 2.85. The van der Waals surface area contributed by atoms with E-state index in [1.165, 1.54) is 6.42 Å². The van der Waals surface area contributed by atoms with Crippen molar-refractivity contribution in [3.05, 3.63) is 33.4 Å². The summed E-state index contributed by atoms with van der Waals surface area (Å²) in [5, 5.41) is 1.22. The Kier molecular flexibility index (Phi) is 6.31. The number of nitrogens with zero attached hydrogens (tertiary/aromatic N) is 2. The molecular formula is C20H20Cl2N2O2S. The van der Waals surface area contributed by atoms with E-state index < -0.39 is 0 Å². The highest BCUT2D eigenvalue weighted by atomic mass is 35.5. The van der Waals surface area contributed by atoms with Gasteiger partial charge in [0.1, 0.15) is 12.3 Å². The van der Waals surface area contributed by atoms with E-state index in [0.29, 0.717) is 32.2 Å². The van der Waals surface area contributed by atoms with Crippen LogP contribution >= 0.6 is 35.4 Å². The highest BCUT2D eigenvalue weighted by molar-refractivity contribution is 7.80. The van der Waals surface area contributed by atoms with Gasteiger partial charge in [0, 0.05) is 13.1 Å². The Labute approximate surface area is 175 Å². The largest absolute Gasteiger partial charge is 0.478 e. The highest BCUT2D eigenvalue weighted by Crippen LogP contribution is 2.36. The molecular weight excluding hydrogens is 403 g/mol. The summed E-state index contributed by atoms with van der Waals surface area (Å²) >= 11 is 18.1. The monoisotopic (exact) mass is 422 g/mol. The lowest BCUT2D eigenvalue weighted by Gasteiger charge is -2.30. The Morgan fingerprint density at radius 2 is 1.93 bits per heavy atom. The molecule has 1 saturated heterocycles. The second-order valence-corrected chi connectivity index (χ2v) is 7.82. The fraction of sp³-hybridized carbons (Fsp3) is 0.400. The number of amides is 1. The minimum atomic E-state index is -0.0747. The van der Waals surface area contributed by atoms with Crippen LogP contribution in [0.5, 0.6) is 5.75 Å². The number of halogens is 2. The molecule has 0 unspecified atom stereocenters. The third-order valence-corrected chi connectivity index (χ3v) is 5.89. The number of thiocarbonyl (C=S) groups is 1. The van der Waals surface area contributed by atoms with Crippen molar-refractivity contribution in [2.24, 2.45) is 0 Å². The maximum absolute atomic E-state index is 13.0. The molecule has 0 N–H and O–H groups in total. The second kappa shape index (κ2) is 8.52. The first-order valence-electron chi connectivity index (χ1n) is 8.82. The molecule has 142 valence electrons. The van der Waals surface area contributed by atoms with Gasteiger partial charge in [0.05, 0.1) is 10.0 Å². The minimum Gasteiger partial charge on any atom is -0.478 e. The zero-order chi connectivity index (χ0) is 19.6. The summed E-state index contributed by atoms with van der Waals surface area (Å²) in [5.74, 6) is 2.64. The molecule has 1 aromatic rings. The molecule has 1 aromatic carbocycles. The first-order valence-corrected chi connectivity index (χ1v) is 9.98. The fourth-order valence-corrected chi connectivity index (χ4v) is 4.45. The van der Waals surface area contributed by atoms with Crippen LogP contribution in [0.15, 0.2) is 17.8 Å².